The third kappa shape index (κ3) is 10.9. The summed E-state index contributed by atoms with van der Waals surface area (Å²) in [6.45, 7) is 7.53. The fraction of sp³-hybridized carbons (Fsp3) is 0.696. The predicted octanol–water partition coefficient (Wildman–Crippen LogP) is 5.02. The lowest BCUT2D eigenvalue weighted by Crippen LogP contribution is -2.41. The smallest absolute Gasteiger partial charge is 0.407 e. The summed E-state index contributed by atoms with van der Waals surface area (Å²) in [4.78, 5) is 35.1. The van der Waals surface area contributed by atoms with E-state index in [0.29, 0.717) is 13.0 Å². The molecular formula is C23H37NO5. The van der Waals surface area contributed by atoms with Crippen molar-refractivity contribution in [2.24, 2.45) is 0 Å². The van der Waals surface area contributed by atoms with Crippen molar-refractivity contribution in [2.45, 2.75) is 96.7 Å². The summed E-state index contributed by atoms with van der Waals surface area (Å²) in [6.07, 6.45) is 15.2. The van der Waals surface area contributed by atoms with E-state index < -0.39 is 17.2 Å². The molecular weight excluding hydrogens is 370 g/mol. The molecule has 0 aliphatic heterocycles. The molecule has 6 heteroatoms. The highest BCUT2D eigenvalue weighted by Gasteiger charge is 2.37. The second-order valence-electron chi connectivity index (χ2n) is 8.57. The first-order chi connectivity index (χ1) is 13.6. The highest BCUT2D eigenvalue weighted by atomic mass is 16.6. The van der Waals surface area contributed by atoms with E-state index in [1.54, 1.807) is 18.2 Å². The van der Waals surface area contributed by atoms with Gasteiger partial charge < -0.3 is 14.8 Å². The molecule has 0 bridgehead atoms. The Morgan fingerprint density at radius 2 is 1.55 bits per heavy atom. The first kappa shape index (κ1) is 24.9. The molecule has 0 radical (unpaired) electrons. The predicted molar refractivity (Wildman–Crippen MR) is 114 cm³/mol. The molecule has 1 unspecified atom stereocenters. The van der Waals surface area contributed by atoms with E-state index in [2.05, 4.69) is 5.32 Å². The van der Waals surface area contributed by atoms with Crippen molar-refractivity contribution in [3.63, 3.8) is 0 Å². The molecule has 0 heterocycles. The maximum absolute atomic E-state index is 12.2. The Kier molecular flexibility index (Phi) is 10.7. The second-order valence-corrected chi connectivity index (χ2v) is 8.57. The third-order valence-electron chi connectivity index (χ3n) is 4.61. The van der Waals surface area contributed by atoms with Crippen LogP contribution < -0.4 is 5.32 Å². The number of allylic oxidation sites excluding steroid dienone is 2. The van der Waals surface area contributed by atoms with Crippen LogP contribution in [0.3, 0.4) is 0 Å². The monoisotopic (exact) mass is 407 g/mol. The fourth-order valence-electron chi connectivity index (χ4n) is 3.25. The van der Waals surface area contributed by atoms with Gasteiger partial charge in [-0.3, -0.25) is 9.59 Å². The Bertz CT molecular complexity index is 603. The molecule has 6 nitrogen and oxygen atoms in total. The van der Waals surface area contributed by atoms with Gasteiger partial charge in [0.25, 0.3) is 0 Å². The molecule has 1 rings (SSSR count). The molecule has 29 heavy (non-hydrogen) atoms. The van der Waals surface area contributed by atoms with E-state index in [1.165, 1.54) is 13.0 Å². The number of nitrogens with one attached hydrogen (secondary N) is 1. The highest BCUT2D eigenvalue weighted by molar-refractivity contribution is 6.01. The zero-order valence-electron chi connectivity index (χ0n) is 18.4. The molecule has 0 aromatic heterocycles. The average molecular weight is 408 g/mol. The third-order valence-corrected chi connectivity index (χ3v) is 4.61. The van der Waals surface area contributed by atoms with Gasteiger partial charge in [-0.25, -0.2) is 4.79 Å². The van der Waals surface area contributed by atoms with E-state index >= 15 is 0 Å². The van der Waals surface area contributed by atoms with E-state index in [9.17, 15) is 14.4 Å². The van der Waals surface area contributed by atoms with Crippen LogP contribution in [0.25, 0.3) is 0 Å². The van der Waals surface area contributed by atoms with Crippen LogP contribution in [-0.4, -0.2) is 35.6 Å². The molecule has 1 aliphatic carbocycles. The summed E-state index contributed by atoms with van der Waals surface area (Å²) in [5, 5.41) is 2.77. The topological polar surface area (TPSA) is 81.7 Å². The van der Waals surface area contributed by atoms with E-state index in [4.69, 9.17) is 9.47 Å². The Morgan fingerprint density at radius 3 is 2.10 bits per heavy atom. The maximum Gasteiger partial charge on any atom is 0.407 e. The van der Waals surface area contributed by atoms with Crippen LogP contribution in [0.4, 0.5) is 4.79 Å². The summed E-state index contributed by atoms with van der Waals surface area (Å²) in [5.41, 5.74) is -1.57. The van der Waals surface area contributed by atoms with Crippen LogP contribution in [0, 0.1) is 0 Å². The lowest BCUT2D eigenvalue weighted by molar-refractivity contribution is -0.159. The molecule has 0 saturated heterocycles. The number of carbonyl (C=O) groups excluding carboxylic acids is 3. The summed E-state index contributed by atoms with van der Waals surface area (Å²) in [6, 6.07) is 0. The number of carbonyl (C=O) groups is 3. The van der Waals surface area contributed by atoms with Crippen LogP contribution in [0.1, 0.15) is 85.5 Å². The molecule has 0 fully saturated rings. The van der Waals surface area contributed by atoms with Gasteiger partial charge in [-0.2, -0.15) is 0 Å². The molecule has 164 valence electrons. The average Bonchev–Trinajstić information content (AvgIpc) is 2.60. The number of alkyl carbamates (subject to hydrolysis) is 1. The molecule has 1 amide bonds. The van der Waals surface area contributed by atoms with Gasteiger partial charge in [0.05, 0.1) is 0 Å². The summed E-state index contributed by atoms with van der Waals surface area (Å²) < 4.78 is 10.5. The Hall–Kier alpha value is -2.11. The molecule has 0 aromatic rings. The Labute approximate surface area is 175 Å². The Morgan fingerprint density at radius 1 is 0.966 bits per heavy atom. The number of hydrogen-bond acceptors (Lipinski definition) is 5. The Balaban J connectivity index is 2.06. The zero-order chi connectivity index (χ0) is 21.8. The van der Waals surface area contributed by atoms with Gasteiger partial charge >= 0.3 is 12.1 Å². The minimum absolute atomic E-state index is 0.157. The van der Waals surface area contributed by atoms with Gasteiger partial charge in [0.15, 0.2) is 5.60 Å². The van der Waals surface area contributed by atoms with E-state index in [1.807, 2.05) is 20.8 Å². The van der Waals surface area contributed by atoms with Crippen molar-refractivity contribution in [3.05, 3.63) is 24.3 Å². The van der Waals surface area contributed by atoms with E-state index in [-0.39, 0.29) is 11.9 Å². The number of ether oxygens (including phenoxy) is 2. The van der Waals surface area contributed by atoms with Gasteiger partial charge in [0.2, 0.25) is 5.78 Å². The lowest BCUT2D eigenvalue weighted by atomic mass is 9.87. The molecule has 1 atom stereocenters. The quantitative estimate of drug-likeness (QED) is 0.363. The molecule has 1 N–H and O–H groups in total. The van der Waals surface area contributed by atoms with Crippen LogP contribution >= 0.6 is 0 Å². The van der Waals surface area contributed by atoms with Crippen LogP contribution in [0.2, 0.25) is 0 Å². The van der Waals surface area contributed by atoms with Gasteiger partial charge in [-0.05, 0) is 52.2 Å². The number of amides is 1. The van der Waals surface area contributed by atoms with Gasteiger partial charge in [0, 0.05) is 13.5 Å². The summed E-state index contributed by atoms with van der Waals surface area (Å²) in [7, 11) is 0. The van der Waals surface area contributed by atoms with Gasteiger partial charge in [-0.15, -0.1) is 0 Å². The minimum atomic E-state index is -1.11. The molecule has 0 aromatic carbocycles. The fourth-order valence-corrected chi connectivity index (χ4v) is 3.25. The summed E-state index contributed by atoms with van der Waals surface area (Å²) in [5.74, 6) is -0.588. The number of ketones is 1. The number of hydrogen-bond donors (Lipinski definition) is 1. The normalized spacial score (nSPS) is 18.6. The van der Waals surface area contributed by atoms with Gasteiger partial charge in [0.1, 0.15) is 5.60 Å². The largest absolute Gasteiger partial charge is 0.447 e. The standard InChI is InChI=1S/C23H37NO5/c1-19(25)28-23(17-13-11-15-20(23)26)16-12-9-7-5-6-8-10-14-18-24-21(27)29-22(2,3)4/h11,13,15,17H,5-10,12,14,16,18H2,1-4H3,(H,24,27). The number of unbranched alkanes of at least 4 members (excludes halogenated alkanes) is 7. The van der Waals surface area contributed by atoms with Crippen molar-refractivity contribution in [2.75, 3.05) is 6.54 Å². The molecule has 1 aliphatic rings. The first-order valence-corrected chi connectivity index (χ1v) is 10.7. The second kappa shape index (κ2) is 12.5. The van der Waals surface area contributed by atoms with Gasteiger partial charge in [-0.1, -0.05) is 50.7 Å². The lowest BCUT2D eigenvalue weighted by Gasteiger charge is -2.29. The SMILES string of the molecule is CC(=O)OC1(CCCCCCCCCCNC(=O)OC(C)(C)C)C=CC=CC1=O. The number of rotatable bonds is 12. The van der Waals surface area contributed by atoms with Crippen LogP contribution in [0.15, 0.2) is 24.3 Å². The van der Waals surface area contributed by atoms with Crippen molar-refractivity contribution >= 4 is 17.8 Å². The van der Waals surface area contributed by atoms with E-state index in [0.717, 1.165) is 51.4 Å². The molecule has 0 saturated carbocycles. The molecule has 0 spiro atoms. The van der Waals surface area contributed by atoms with Crippen molar-refractivity contribution in [1.82, 2.24) is 5.32 Å². The summed E-state index contributed by atoms with van der Waals surface area (Å²) >= 11 is 0. The van der Waals surface area contributed by atoms with Crippen molar-refractivity contribution in [1.29, 1.82) is 0 Å². The zero-order valence-corrected chi connectivity index (χ0v) is 18.4. The van der Waals surface area contributed by atoms with Crippen LogP contribution in [0.5, 0.6) is 0 Å². The number of esters is 1. The van der Waals surface area contributed by atoms with Crippen molar-refractivity contribution in [3.8, 4) is 0 Å². The maximum atomic E-state index is 12.2. The minimum Gasteiger partial charge on any atom is -0.447 e. The first-order valence-electron chi connectivity index (χ1n) is 10.7. The van der Waals surface area contributed by atoms with Crippen molar-refractivity contribution < 1.29 is 23.9 Å². The van der Waals surface area contributed by atoms with Crippen LogP contribution in [-0.2, 0) is 19.1 Å². The highest BCUT2D eigenvalue weighted by Crippen LogP contribution is 2.27.